The first-order valence-corrected chi connectivity index (χ1v) is 7.44. The molecule has 0 amide bonds. The molecule has 1 aromatic rings. The van der Waals surface area contributed by atoms with E-state index in [0.29, 0.717) is 15.4 Å². The SMILES string of the molecule is CC1CC(Nc2cc(Br)cc(C(F)(F)F)c2)CS1. The van der Waals surface area contributed by atoms with Crippen LogP contribution in [-0.4, -0.2) is 17.0 Å². The van der Waals surface area contributed by atoms with Crippen molar-refractivity contribution in [1.29, 1.82) is 0 Å². The number of halogens is 4. The molecular weight excluding hydrogens is 327 g/mol. The van der Waals surface area contributed by atoms with E-state index >= 15 is 0 Å². The first kappa shape index (κ1) is 14.1. The third kappa shape index (κ3) is 3.57. The van der Waals surface area contributed by atoms with E-state index < -0.39 is 11.7 Å². The molecule has 18 heavy (non-hydrogen) atoms. The summed E-state index contributed by atoms with van der Waals surface area (Å²) in [4.78, 5) is 0. The van der Waals surface area contributed by atoms with Crippen LogP contribution in [0.3, 0.4) is 0 Å². The van der Waals surface area contributed by atoms with Crippen molar-refractivity contribution in [2.75, 3.05) is 11.1 Å². The number of hydrogen-bond donors (Lipinski definition) is 1. The molecule has 0 saturated carbocycles. The first-order valence-electron chi connectivity index (χ1n) is 5.60. The summed E-state index contributed by atoms with van der Waals surface area (Å²) >= 11 is 4.96. The van der Waals surface area contributed by atoms with Gasteiger partial charge < -0.3 is 5.32 Å². The summed E-state index contributed by atoms with van der Waals surface area (Å²) in [6.07, 6.45) is -3.32. The van der Waals surface area contributed by atoms with Crippen LogP contribution in [-0.2, 0) is 6.18 Å². The molecule has 1 nitrogen and oxygen atoms in total. The molecule has 0 aliphatic carbocycles. The van der Waals surface area contributed by atoms with Gasteiger partial charge in [0.15, 0.2) is 0 Å². The number of thioether (sulfide) groups is 1. The van der Waals surface area contributed by atoms with Gasteiger partial charge in [0.2, 0.25) is 0 Å². The van der Waals surface area contributed by atoms with E-state index in [1.165, 1.54) is 6.07 Å². The second-order valence-corrected chi connectivity index (χ2v) is 6.83. The predicted molar refractivity (Wildman–Crippen MR) is 73.1 cm³/mol. The highest BCUT2D eigenvalue weighted by Crippen LogP contribution is 2.34. The fourth-order valence-corrected chi connectivity index (χ4v) is 3.63. The Balaban J connectivity index is 2.15. The molecule has 0 spiro atoms. The quantitative estimate of drug-likeness (QED) is 0.832. The Morgan fingerprint density at radius 2 is 2.06 bits per heavy atom. The molecule has 1 aliphatic rings. The Morgan fingerprint density at radius 1 is 1.33 bits per heavy atom. The predicted octanol–water partition coefficient (Wildman–Crippen LogP) is 4.77. The maximum atomic E-state index is 12.7. The van der Waals surface area contributed by atoms with E-state index in [-0.39, 0.29) is 6.04 Å². The van der Waals surface area contributed by atoms with Gasteiger partial charge in [0, 0.05) is 27.2 Å². The lowest BCUT2D eigenvalue weighted by Gasteiger charge is -2.16. The van der Waals surface area contributed by atoms with Gasteiger partial charge in [0.05, 0.1) is 5.56 Å². The van der Waals surface area contributed by atoms with Gasteiger partial charge in [-0.25, -0.2) is 0 Å². The average molecular weight is 340 g/mol. The molecule has 1 aliphatic heterocycles. The number of anilines is 1. The summed E-state index contributed by atoms with van der Waals surface area (Å²) in [6.45, 7) is 2.13. The Labute approximate surface area is 117 Å². The van der Waals surface area contributed by atoms with E-state index in [1.54, 1.807) is 6.07 Å². The van der Waals surface area contributed by atoms with Gasteiger partial charge in [-0.3, -0.25) is 0 Å². The highest BCUT2D eigenvalue weighted by Gasteiger charge is 2.31. The van der Waals surface area contributed by atoms with Crippen molar-refractivity contribution >= 4 is 33.4 Å². The molecular formula is C12H13BrF3NS. The summed E-state index contributed by atoms with van der Waals surface area (Å²) in [7, 11) is 0. The Bertz CT molecular complexity index is 436. The van der Waals surface area contributed by atoms with Crippen LogP contribution >= 0.6 is 27.7 Å². The molecule has 100 valence electrons. The van der Waals surface area contributed by atoms with Crippen molar-refractivity contribution in [1.82, 2.24) is 0 Å². The summed E-state index contributed by atoms with van der Waals surface area (Å²) in [6, 6.07) is 4.19. The van der Waals surface area contributed by atoms with Crippen LogP contribution in [0.2, 0.25) is 0 Å². The van der Waals surface area contributed by atoms with E-state index in [2.05, 4.69) is 28.2 Å². The molecule has 2 rings (SSSR count). The summed E-state index contributed by atoms with van der Waals surface area (Å²) in [5.74, 6) is 0.940. The lowest BCUT2D eigenvalue weighted by molar-refractivity contribution is -0.137. The Morgan fingerprint density at radius 3 is 2.61 bits per heavy atom. The molecule has 2 unspecified atom stereocenters. The van der Waals surface area contributed by atoms with Gasteiger partial charge in [0.1, 0.15) is 0 Å². The number of benzene rings is 1. The highest BCUT2D eigenvalue weighted by molar-refractivity contribution is 9.10. The summed E-state index contributed by atoms with van der Waals surface area (Å²) in [5, 5.41) is 3.74. The largest absolute Gasteiger partial charge is 0.416 e. The van der Waals surface area contributed by atoms with Crippen molar-refractivity contribution in [3.63, 3.8) is 0 Å². The minimum Gasteiger partial charge on any atom is -0.381 e. The van der Waals surface area contributed by atoms with E-state index in [1.807, 2.05) is 11.8 Å². The number of hydrogen-bond acceptors (Lipinski definition) is 2. The number of nitrogens with one attached hydrogen (secondary N) is 1. The Kier molecular flexibility index (Phi) is 4.16. The zero-order valence-electron chi connectivity index (χ0n) is 9.72. The second kappa shape index (κ2) is 5.33. The zero-order valence-corrected chi connectivity index (χ0v) is 12.1. The molecule has 0 bridgehead atoms. The van der Waals surface area contributed by atoms with E-state index in [4.69, 9.17) is 0 Å². The van der Waals surface area contributed by atoms with Crippen molar-refractivity contribution < 1.29 is 13.2 Å². The van der Waals surface area contributed by atoms with Crippen LogP contribution in [0.4, 0.5) is 18.9 Å². The maximum absolute atomic E-state index is 12.7. The van der Waals surface area contributed by atoms with Crippen molar-refractivity contribution in [2.24, 2.45) is 0 Å². The first-order chi connectivity index (χ1) is 8.34. The fourth-order valence-electron chi connectivity index (χ4n) is 1.99. The lowest BCUT2D eigenvalue weighted by atomic mass is 10.1. The molecule has 0 radical (unpaired) electrons. The third-order valence-corrected chi connectivity index (χ3v) is 4.61. The molecule has 1 heterocycles. The second-order valence-electron chi connectivity index (χ2n) is 4.45. The molecule has 1 fully saturated rings. The summed E-state index contributed by atoms with van der Waals surface area (Å²) in [5.41, 5.74) is -0.102. The van der Waals surface area contributed by atoms with Crippen LogP contribution in [0.5, 0.6) is 0 Å². The van der Waals surface area contributed by atoms with E-state index in [9.17, 15) is 13.2 Å². The van der Waals surface area contributed by atoms with Crippen LogP contribution in [0, 0.1) is 0 Å². The van der Waals surface area contributed by atoms with E-state index in [0.717, 1.165) is 18.2 Å². The molecule has 0 aromatic heterocycles. The van der Waals surface area contributed by atoms with Gasteiger partial charge in [-0.2, -0.15) is 24.9 Å². The molecule has 6 heteroatoms. The van der Waals surface area contributed by atoms with Gasteiger partial charge in [-0.15, -0.1) is 0 Å². The van der Waals surface area contributed by atoms with Crippen LogP contribution in [0.1, 0.15) is 18.9 Å². The maximum Gasteiger partial charge on any atom is 0.416 e. The Hall–Kier alpha value is -0.360. The fraction of sp³-hybridized carbons (Fsp3) is 0.500. The van der Waals surface area contributed by atoms with Crippen molar-refractivity contribution in [2.45, 2.75) is 30.8 Å². The minimum atomic E-state index is -4.31. The van der Waals surface area contributed by atoms with Crippen molar-refractivity contribution in [3.05, 3.63) is 28.2 Å². The summed E-state index contributed by atoms with van der Waals surface area (Å²) < 4.78 is 38.5. The normalized spacial score (nSPS) is 24.3. The van der Waals surface area contributed by atoms with Crippen LogP contribution < -0.4 is 5.32 Å². The molecule has 1 N–H and O–H groups in total. The zero-order chi connectivity index (χ0) is 13.3. The van der Waals surface area contributed by atoms with Crippen LogP contribution in [0.25, 0.3) is 0 Å². The molecule has 2 atom stereocenters. The minimum absolute atomic E-state index is 0.250. The average Bonchev–Trinajstić information content (AvgIpc) is 2.61. The molecule has 1 aromatic carbocycles. The number of rotatable bonds is 2. The highest BCUT2D eigenvalue weighted by atomic mass is 79.9. The van der Waals surface area contributed by atoms with Crippen molar-refractivity contribution in [3.8, 4) is 0 Å². The van der Waals surface area contributed by atoms with Gasteiger partial charge >= 0.3 is 6.18 Å². The topological polar surface area (TPSA) is 12.0 Å². The number of alkyl halides is 3. The van der Waals surface area contributed by atoms with Gasteiger partial charge in [-0.05, 0) is 24.6 Å². The van der Waals surface area contributed by atoms with Gasteiger partial charge in [-0.1, -0.05) is 22.9 Å². The lowest BCUT2D eigenvalue weighted by Crippen LogP contribution is -2.19. The standard InChI is InChI=1S/C12H13BrF3NS/c1-7-2-11(6-18-7)17-10-4-8(12(14,15)16)3-9(13)5-10/h3-5,7,11,17H,2,6H2,1H3. The van der Waals surface area contributed by atoms with Gasteiger partial charge in [0.25, 0.3) is 0 Å². The third-order valence-electron chi connectivity index (χ3n) is 2.79. The smallest absolute Gasteiger partial charge is 0.381 e. The van der Waals surface area contributed by atoms with Crippen LogP contribution in [0.15, 0.2) is 22.7 Å². The monoisotopic (exact) mass is 339 g/mol. The molecule has 1 saturated heterocycles.